The van der Waals surface area contributed by atoms with Gasteiger partial charge in [-0.1, -0.05) is 50.4 Å². The molecule has 1 aliphatic heterocycles. The van der Waals surface area contributed by atoms with Gasteiger partial charge in [0, 0.05) is 11.7 Å². The molecule has 0 amide bonds. The van der Waals surface area contributed by atoms with Crippen LogP contribution in [0.5, 0.6) is 0 Å². The molecule has 2 aromatic rings. The number of hydrogen-bond acceptors (Lipinski definition) is 5. The Bertz CT molecular complexity index is 1350. The predicted octanol–water partition coefficient (Wildman–Crippen LogP) is 5.17. The molecule has 2 N–H and O–H groups in total. The van der Waals surface area contributed by atoms with E-state index in [1.54, 1.807) is 0 Å². The van der Waals surface area contributed by atoms with Gasteiger partial charge in [0.05, 0.1) is 24.9 Å². The largest absolute Gasteiger partial charge is 0.469 e. The molecule has 200 valence electrons. The number of pyridine rings is 1. The Morgan fingerprint density at radius 2 is 2.11 bits per heavy atom. The van der Waals surface area contributed by atoms with Crippen molar-refractivity contribution in [1.29, 1.82) is 0 Å². The van der Waals surface area contributed by atoms with Gasteiger partial charge in [0.15, 0.2) is 0 Å². The van der Waals surface area contributed by atoms with E-state index in [4.69, 9.17) is 9.72 Å². The Labute approximate surface area is 227 Å². The molecule has 1 aliphatic rings. The molecule has 0 fully saturated rings. The van der Waals surface area contributed by atoms with Gasteiger partial charge in [-0.05, 0) is 109 Å². The maximum Gasteiger partial charge on any atom is 0.307 e. The third-order valence-corrected chi connectivity index (χ3v) is 6.86. The van der Waals surface area contributed by atoms with Crippen molar-refractivity contribution in [2.24, 2.45) is 0 Å². The van der Waals surface area contributed by atoms with Gasteiger partial charge in [-0.3, -0.25) is 9.78 Å². The molecule has 0 radical (unpaired) electrons. The number of hydrogen-bond donors (Lipinski definition) is 2. The van der Waals surface area contributed by atoms with Crippen molar-refractivity contribution in [2.45, 2.75) is 58.9 Å². The van der Waals surface area contributed by atoms with Crippen molar-refractivity contribution >= 4 is 29.9 Å². The lowest BCUT2D eigenvalue weighted by Gasteiger charge is -2.19. The Balaban J connectivity index is 1.77. The fourth-order valence-electron chi connectivity index (χ4n) is 4.55. The van der Waals surface area contributed by atoms with Gasteiger partial charge < -0.3 is 15.4 Å². The number of nitrogens with one attached hydrogen (secondary N) is 2. The second kappa shape index (κ2) is 14.3. The summed E-state index contributed by atoms with van der Waals surface area (Å²) in [5, 5.41) is 8.95. The molecule has 0 aliphatic carbocycles. The van der Waals surface area contributed by atoms with Crippen LogP contribution in [-0.4, -0.2) is 30.6 Å². The topological polar surface area (TPSA) is 63.2 Å². The fourth-order valence-corrected chi connectivity index (χ4v) is 4.55. The highest BCUT2D eigenvalue weighted by Gasteiger charge is 2.15. The van der Waals surface area contributed by atoms with E-state index in [1.165, 1.54) is 12.7 Å². The molecule has 0 spiro atoms. The molecule has 0 saturated carbocycles. The lowest BCUT2D eigenvalue weighted by molar-refractivity contribution is -0.141. The van der Waals surface area contributed by atoms with Crippen LogP contribution in [0.2, 0.25) is 0 Å². The minimum absolute atomic E-state index is 0.137. The van der Waals surface area contributed by atoms with Crippen molar-refractivity contribution in [3.63, 3.8) is 0 Å². The molecule has 1 unspecified atom stereocenters. The van der Waals surface area contributed by atoms with E-state index in [9.17, 15) is 4.79 Å². The first-order valence-corrected chi connectivity index (χ1v) is 13.4. The summed E-state index contributed by atoms with van der Waals surface area (Å²) in [7, 11) is 1.43. The number of rotatable bonds is 12. The maximum atomic E-state index is 11.6. The Kier molecular flexibility index (Phi) is 10.9. The molecule has 2 heterocycles. The van der Waals surface area contributed by atoms with Crippen LogP contribution >= 0.6 is 0 Å². The summed E-state index contributed by atoms with van der Waals surface area (Å²) in [5.41, 5.74) is 7.55. The number of aromatic nitrogens is 1. The van der Waals surface area contributed by atoms with Gasteiger partial charge >= 0.3 is 5.97 Å². The molecular formula is C33H41N3O2. The standard InChI is InChI=1S/C33H41N3O2/c1-7-26(23(3)12-10-18-34-29(8-2)22-32(37)38-6)20-28-21-27(17-16-24(28)4)30-14-11-19-35-33(30)31-15-9-13-25(5)36-31/h7,9,11,13,15-17,19-21,29,34-35H,3-4,8,10,12,14,18,22H2,1-2,5-6H3/b26-7+,28-20-. The smallest absolute Gasteiger partial charge is 0.307 e. The predicted molar refractivity (Wildman–Crippen MR) is 159 cm³/mol. The van der Waals surface area contributed by atoms with Crippen LogP contribution in [0, 0.1) is 6.92 Å². The Morgan fingerprint density at radius 1 is 1.29 bits per heavy atom. The first kappa shape index (κ1) is 28.9. The maximum absolute atomic E-state index is 11.6. The minimum Gasteiger partial charge on any atom is -0.469 e. The molecule has 1 aromatic heterocycles. The van der Waals surface area contributed by atoms with Gasteiger partial charge in [0.2, 0.25) is 0 Å². The average Bonchev–Trinajstić information content (AvgIpc) is 2.93. The van der Waals surface area contributed by atoms with Crippen LogP contribution in [0.25, 0.3) is 23.9 Å². The number of allylic oxidation sites excluding steroid dienone is 5. The quantitative estimate of drug-likeness (QED) is 0.234. The highest BCUT2D eigenvalue weighted by atomic mass is 16.5. The van der Waals surface area contributed by atoms with E-state index in [2.05, 4.69) is 67.1 Å². The number of benzene rings is 1. The first-order valence-electron chi connectivity index (χ1n) is 13.4. The van der Waals surface area contributed by atoms with Crippen molar-refractivity contribution in [1.82, 2.24) is 15.6 Å². The number of aryl methyl sites for hydroxylation is 1. The minimum atomic E-state index is -0.177. The summed E-state index contributed by atoms with van der Waals surface area (Å²) in [6.07, 6.45) is 12.3. The van der Waals surface area contributed by atoms with Crippen LogP contribution < -0.4 is 21.1 Å². The molecule has 5 heteroatoms. The molecule has 5 nitrogen and oxygen atoms in total. The van der Waals surface area contributed by atoms with Gasteiger partial charge in [-0.25, -0.2) is 0 Å². The fraction of sp³-hybridized carbons (Fsp3) is 0.333. The molecule has 1 atom stereocenters. The Hall–Kier alpha value is -3.70. The van der Waals surface area contributed by atoms with Crippen molar-refractivity contribution in [2.75, 3.05) is 13.7 Å². The SMILES string of the molecule is C=C(CCCNC(CC)CC(=O)OC)C(/C=c1/cc(C2=C(c3cccc(C)n3)NC=CC2)ccc1=C)=C/C. The number of esters is 1. The monoisotopic (exact) mass is 511 g/mol. The van der Waals surface area contributed by atoms with Gasteiger partial charge in [-0.2, -0.15) is 0 Å². The summed E-state index contributed by atoms with van der Waals surface area (Å²) in [5.74, 6) is -0.177. The van der Waals surface area contributed by atoms with Crippen molar-refractivity contribution in [3.05, 3.63) is 99.9 Å². The normalized spacial score (nSPS) is 14.8. The van der Waals surface area contributed by atoms with E-state index in [-0.39, 0.29) is 12.0 Å². The molecule has 38 heavy (non-hydrogen) atoms. The number of dihydropyridines is 1. The second-order valence-electron chi connectivity index (χ2n) is 9.62. The number of methoxy groups -OCH3 is 1. The second-order valence-corrected chi connectivity index (χ2v) is 9.62. The summed E-state index contributed by atoms with van der Waals surface area (Å²) >= 11 is 0. The lowest BCUT2D eigenvalue weighted by atomic mass is 9.95. The van der Waals surface area contributed by atoms with Crippen LogP contribution in [0.1, 0.15) is 62.9 Å². The van der Waals surface area contributed by atoms with Gasteiger partial charge in [0.25, 0.3) is 0 Å². The van der Waals surface area contributed by atoms with E-state index in [0.717, 1.165) is 76.5 Å². The number of carbonyl (C=O) groups is 1. The molecular weight excluding hydrogens is 470 g/mol. The van der Waals surface area contributed by atoms with Crippen LogP contribution in [0.3, 0.4) is 0 Å². The third-order valence-electron chi connectivity index (χ3n) is 6.86. The molecule has 0 bridgehead atoms. The van der Waals surface area contributed by atoms with Crippen molar-refractivity contribution < 1.29 is 9.53 Å². The van der Waals surface area contributed by atoms with Gasteiger partial charge in [-0.15, -0.1) is 0 Å². The zero-order chi connectivity index (χ0) is 27.5. The van der Waals surface area contributed by atoms with Crippen LogP contribution in [0.4, 0.5) is 0 Å². The average molecular weight is 512 g/mol. The molecule has 1 aromatic carbocycles. The van der Waals surface area contributed by atoms with E-state index >= 15 is 0 Å². The first-order chi connectivity index (χ1) is 18.4. The summed E-state index contributed by atoms with van der Waals surface area (Å²) in [4.78, 5) is 16.3. The summed E-state index contributed by atoms with van der Waals surface area (Å²) < 4.78 is 4.80. The van der Waals surface area contributed by atoms with E-state index in [1.807, 2.05) is 38.2 Å². The summed E-state index contributed by atoms with van der Waals surface area (Å²) in [6, 6.07) is 12.7. The zero-order valence-electron chi connectivity index (χ0n) is 23.3. The van der Waals surface area contributed by atoms with Crippen molar-refractivity contribution in [3.8, 4) is 0 Å². The highest BCUT2D eigenvalue weighted by molar-refractivity contribution is 5.91. The summed E-state index contributed by atoms with van der Waals surface area (Å²) in [6.45, 7) is 15.6. The highest BCUT2D eigenvalue weighted by Crippen LogP contribution is 2.28. The molecule has 3 rings (SSSR count). The van der Waals surface area contributed by atoms with E-state index < -0.39 is 0 Å². The van der Waals surface area contributed by atoms with E-state index in [0.29, 0.717) is 6.42 Å². The molecule has 0 saturated heterocycles. The van der Waals surface area contributed by atoms with Crippen LogP contribution in [-0.2, 0) is 9.53 Å². The number of nitrogens with zero attached hydrogens (tertiary/aromatic N) is 1. The number of carbonyl (C=O) groups excluding carboxylic acids is 1. The lowest BCUT2D eigenvalue weighted by Crippen LogP contribution is -2.32. The van der Waals surface area contributed by atoms with Gasteiger partial charge in [0.1, 0.15) is 0 Å². The zero-order valence-corrected chi connectivity index (χ0v) is 23.3. The third kappa shape index (κ3) is 7.90. The Morgan fingerprint density at radius 3 is 2.82 bits per heavy atom. The van der Waals surface area contributed by atoms with Crippen LogP contribution in [0.15, 0.2) is 72.5 Å². The number of ether oxygens (including phenoxy) is 1.